The number of nitrogens with zero attached hydrogens (tertiary/aromatic N) is 3. The normalized spacial score (nSPS) is 10.7. The van der Waals surface area contributed by atoms with Crippen LogP contribution >= 0.6 is 0 Å². The molecule has 132 valence electrons. The Morgan fingerprint density at radius 2 is 1.78 bits per heavy atom. The summed E-state index contributed by atoms with van der Waals surface area (Å²) in [6.45, 7) is 0. The zero-order valence-electron chi connectivity index (χ0n) is 14.4. The number of hydrogen-bond acceptors (Lipinski definition) is 4. The van der Waals surface area contributed by atoms with E-state index in [-0.39, 0.29) is 17.8 Å². The van der Waals surface area contributed by atoms with Gasteiger partial charge in [-0.05, 0) is 17.2 Å². The van der Waals surface area contributed by atoms with Crippen LogP contribution in [0.1, 0.15) is 15.9 Å². The maximum absolute atomic E-state index is 12.9. The van der Waals surface area contributed by atoms with Crippen molar-refractivity contribution >= 4 is 5.78 Å². The average Bonchev–Trinajstić information content (AvgIpc) is 3.25. The molecule has 0 unspecified atom stereocenters. The summed E-state index contributed by atoms with van der Waals surface area (Å²) in [5.74, 6) is 0.180. The summed E-state index contributed by atoms with van der Waals surface area (Å²) < 4.78 is 1.46. The Morgan fingerprint density at radius 1 is 1.00 bits per heavy atom. The second-order valence-electron chi connectivity index (χ2n) is 6.02. The van der Waals surface area contributed by atoms with E-state index in [2.05, 4.69) is 15.1 Å². The number of carbonyl (C=O) groups is 1. The first-order valence-electron chi connectivity index (χ1n) is 8.48. The van der Waals surface area contributed by atoms with Crippen molar-refractivity contribution in [1.82, 2.24) is 19.7 Å². The molecule has 4 aromatic rings. The largest absolute Gasteiger partial charge is 0.294 e. The van der Waals surface area contributed by atoms with Crippen molar-refractivity contribution < 1.29 is 4.79 Å². The van der Waals surface area contributed by atoms with Gasteiger partial charge in [-0.2, -0.15) is 5.10 Å². The number of aromatic amines is 1. The molecule has 0 spiro atoms. The third kappa shape index (κ3) is 3.46. The molecule has 0 fully saturated rings. The Balaban J connectivity index is 1.63. The SMILES string of the molecule is O=C(Cc1cnc(-n2cccn2)[nH]c1=O)c1ccccc1-c1ccccc1. The first kappa shape index (κ1) is 16.7. The quantitative estimate of drug-likeness (QED) is 0.557. The van der Waals surface area contributed by atoms with Gasteiger partial charge in [0.15, 0.2) is 5.78 Å². The van der Waals surface area contributed by atoms with E-state index in [4.69, 9.17) is 0 Å². The molecule has 0 amide bonds. The highest BCUT2D eigenvalue weighted by Crippen LogP contribution is 2.24. The topological polar surface area (TPSA) is 80.6 Å². The zero-order chi connectivity index (χ0) is 18.6. The molecule has 6 heteroatoms. The predicted octanol–water partition coefficient (Wildman–Crippen LogP) is 3.05. The highest BCUT2D eigenvalue weighted by atomic mass is 16.1. The lowest BCUT2D eigenvalue weighted by Crippen LogP contribution is -2.20. The number of carbonyl (C=O) groups excluding carboxylic acids is 1. The minimum Gasteiger partial charge on any atom is -0.294 e. The van der Waals surface area contributed by atoms with Crippen LogP contribution in [-0.4, -0.2) is 25.5 Å². The van der Waals surface area contributed by atoms with E-state index >= 15 is 0 Å². The molecule has 2 aromatic carbocycles. The maximum atomic E-state index is 12.9. The lowest BCUT2D eigenvalue weighted by atomic mass is 9.95. The van der Waals surface area contributed by atoms with Gasteiger partial charge in [-0.1, -0.05) is 54.6 Å². The summed E-state index contributed by atoms with van der Waals surface area (Å²) in [6.07, 6.45) is 4.68. The Labute approximate surface area is 155 Å². The number of rotatable bonds is 5. The van der Waals surface area contributed by atoms with Gasteiger partial charge in [0, 0.05) is 36.1 Å². The Kier molecular flexibility index (Phi) is 4.45. The van der Waals surface area contributed by atoms with Gasteiger partial charge in [0.1, 0.15) is 0 Å². The molecule has 1 N–H and O–H groups in total. The van der Waals surface area contributed by atoms with Crippen LogP contribution in [0.15, 0.2) is 84.0 Å². The number of aromatic nitrogens is 4. The molecule has 0 atom stereocenters. The summed E-state index contributed by atoms with van der Waals surface area (Å²) in [7, 11) is 0. The molecule has 27 heavy (non-hydrogen) atoms. The van der Waals surface area contributed by atoms with Crippen LogP contribution in [-0.2, 0) is 6.42 Å². The number of nitrogens with one attached hydrogen (secondary N) is 1. The minimum absolute atomic E-state index is 0.0223. The molecule has 0 aliphatic carbocycles. The van der Waals surface area contributed by atoms with Crippen LogP contribution in [0.4, 0.5) is 0 Å². The van der Waals surface area contributed by atoms with Gasteiger partial charge in [0.05, 0.1) is 0 Å². The lowest BCUT2D eigenvalue weighted by molar-refractivity contribution is 0.0993. The minimum atomic E-state index is -0.346. The fourth-order valence-corrected chi connectivity index (χ4v) is 2.91. The van der Waals surface area contributed by atoms with Gasteiger partial charge in [0.2, 0.25) is 5.95 Å². The van der Waals surface area contributed by atoms with Crippen LogP contribution < -0.4 is 5.56 Å². The number of ketones is 1. The number of benzene rings is 2. The van der Waals surface area contributed by atoms with Gasteiger partial charge < -0.3 is 0 Å². The molecule has 0 saturated heterocycles. The molecule has 6 nitrogen and oxygen atoms in total. The van der Waals surface area contributed by atoms with Crippen molar-refractivity contribution in [2.75, 3.05) is 0 Å². The van der Waals surface area contributed by atoms with E-state index in [0.717, 1.165) is 11.1 Å². The number of hydrogen-bond donors (Lipinski definition) is 1. The van der Waals surface area contributed by atoms with E-state index in [0.29, 0.717) is 17.1 Å². The zero-order valence-corrected chi connectivity index (χ0v) is 14.4. The van der Waals surface area contributed by atoms with E-state index < -0.39 is 0 Å². The maximum Gasteiger partial charge on any atom is 0.255 e. The third-order valence-electron chi connectivity index (χ3n) is 4.24. The van der Waals surface area contributed by atoms with Crippen molar-refractivity contribution in [1.29, 1.82) is 0 Å². The van der Waals surface area contributed by atoms with Crippen molar-refractivity contribution in [2.24, 2.45) is 0 Å². The molecule has 0 aliphatic heterocycles. The molecule has 0 saturated carbocycles. The van der Waals surface area contributed by atoms with Crippen molar-refractivity contribution in [3.05, 3.63) is 101 Å². The fourth-order valence-electron chi connectivity index (χ4n) is 2.91. The number of Topliss-reactive ketones (excluding diaryl/α,β-unsaturated/α-hetero) is 1. The smallest absolute Gasteiger partial charge is 0.255 e. The van der Waals surface area contributed by atoms with Crippen LogP contribution in [0.25, 0.3) is 17.1 Å². The van der Waals surface area contributed by atoms with Gasteiger partial charge in [-0.15, -0.1) is 0 Å². The Hall–Kier alpha value is -3.80. The highest BCUT2D eigenvalue weighted by molar-refractivity contribution is 6.03. The summed E-state index contributed by atoms with van der Waals surface area (Å²) >= 11 is 0. The van der Waals surface area contributed by atoms with Crippen molar-refractivity contribution in [3.63, 3.8) is 0 Å². The summed E-state index contributed by atoms with van der Waals surface area (Å²) in [6, 6.07) is 18.8. The first-order chi connectivity index (χ1) is 13.2. The third-order valence-corrected chi connectivity index (χ3v) is 4.24. The van der Waals surface area contributed by atoms with E-state index in [1.807, 2.05) is 48.5 Å². The molecular formula is C21H16N4O2. The van der Waals surface area contributed by atoms with Gasteiger partial charge in [-0.25, -0.2) is 9.67 Å². The van der Waals surface area contributed by atoms with Crippen LogP contribution in [0, 0.1) is 0 Å². The van der Waals surface area contributed by atoms with E-state index in [1.165, 1.54) is 10.9 Å². The Bertz CT molecular complexity index is 1130. The molecule has 0 aliphatic rings. The molecule has 4 rings (SSSR count). The van der Waals surface area contributed by atoms with Crippen LogP contribution in [0.3, 0.4) is 0 Å². The lowest BCUT2D eigenvalue weighted by Gasteiger charge is -2.09. The van der Waals surface area contributed by atoms with Gasteiger partial charge in [-0.3, -0.25) is 14.6 Å². The van der Waals surface area contributed by atoms with Gasteiger partial charge in [0.25, 0.3) is 5.56 Å². The summed E-state index contributed by atoms with van der Waals surface area (Å²) in [4.78, 5) is 32.1. The molecule has 2 heterocycles. The fraction of sp³-hybridized carbons (Fsp3) is 0.0476. The molecule has 2 aromatic heterocycles. The first-order valence-corrected chi connectivity index (χ1v) is 8.48. The summed E-state index contributed by atoms with van der Waals surface area (Å²) in [5, 5.41) is 4.03. The number of H-pyrrole nitrogens is 1. The molecule has 0 bridgehead atoms. The van der Waals surface area contributed by atoms with Crippen LogP contribution in [0.5, 0.6) is 0 Å². The van der Waals surface area contributed by atoms with E-state index in [9.17, 15) is 9.59 Å². The average molecular weight is 356 g/mol. The second kappa shape index (κ2) is 7.21. The molecule has 0 radical (unpaired) electrons. The van der Waals surface area contributed by atoms with Crippen LogP contribution in [0.2, 0.25) is 0 Å². The monoisotopic (exact) mass is 356 g/mol. The Morgan fingerprint density at radius 3 is 2.52 bits per heavy atom. The predicted molar refractivity (Wildman–Crippen MR) is 102 cm³/mol. The highest BCUT2D eigenvalue weighted by Gasteiger charge is 2.15. The van der Waals surface area contributed by atoms with Crippen molar-refractivity contribution in [3.8, 4) is 17.1 Å². The summed E-state index contributed by atoms with van der Waals surface area (Å²) in [5.41, 5.74) is 2.36. The molecular weight excluding hydrogens is 340 g/mol. The van der Waals surface area contributed by atoms with E-state index in [1.54, 1.807) is 24.5 Å². The van der Waals surface area contributed by atoms with Gasteiger partial charge >= 0.3 is 0 Å². The second-order valence-corrected chi connectivity index (χ2v) is 6.02. The standard InChI is InChI=1S/C21H16N4O2/c26-19(18-10-5-4-9-17(18)15-7-2-1-3-8-15)13-16-14-22-21(24-20(16)27)25-12-6-11-23-25/h1-12,14H,13H2,(H,22,24,27). The van der Waals surface area contributed by atoms with Crippen molar-refractivity contribution in [2.45, 2.75) is 6.42 Å².